The molecule has 0 spiro atoms. The van der Waals surface area contributed by atoms with Crippen LogP contribution >= 0.6 is 0 Å². The molecule has 7 nitrogen and oxygen atoms in total. The van der Waals surface area contributed by atoms with Crippen LogP contribution < -0.4 is 10.5 Å². The molecule has 2 aromatic rings. The lowest BCUT2D eigenvalue weighted by Gasteiger charge is -2.06. The van der Waals surface area contributed by atoms with Gasteiger partial charge < -0.3 is 20.6 Å². The fraction of sp³-hybridized carbons (Fsp3) is 0.250. The molecule has 0 aliphatic carbocycles. The first-order chi connectivity index (χ1) is 9.08. The Morgan fingerprint density at radius 1 is 1.53 bits per heavy atom. The molecule has 7 heteroatoms. The number of rotatable bonds is 5. The highest BCUT2D eigenvalue weighted by molar-refractivity contribution is 5.43. The van der Waals surface area contributed by atoms with Crippen LogP contribution in [0.2, 0.25) is 0 Å². The van der Waals surface area contributed by atoms with Crippen LogP contribution in [-0.2, 0) is 6.54 Å². The Bertz CT molecular complexity index is 594. The average Bonchev–Trinajstić information content (AvgIpc) is 2.71. The maximum absolute atomic E-state index is 10.8. The van der Waals surface area contributed by atoms with E-state index in [1.807, 2.05) is 0 Å². The molecule has 0 aliphatic heterocycles. The summed E-state index contributed by atoms with van der Waals surface area (Å²) in [5.41, 5.74) is 6.24. The Morgan fingerprint density at radius 2 is 2.32 bits per heavy atom. The van der Waals surface area contributed by atoms with Crippen molar-refractivity contribution in [1.29, 1.82) is 0 Å². The van der Waals surface area contributed by atoms with Crippen LogP contribution in [0.15, 0.2) is 30.5 Å². The predicted octanol–water partition coefficient (Wildman–Crippen LogP) is 1.76. The first-order valence-corrected chi connectivity index (χ1v) is 5.73. The summed E-state index contributed by atoms with van der Waals surface area (Å²) in [6, 6.07) is 7.04. The van der Waals surface area contributed by atoms with Gasteiger partial charge in [0.2, 0.25) is 0 Å². The van der Waals surface area contributed by atoms with Gasteiger partial charge in [-0.05, 0) is 17.1 Å². The smallest absolute Gasteiger partial charge is 0.342 e. The molecule has 0 saturated carbocycles. The van der Waals surface area contributed by atoms with Gasteiger partial charge >= 0.3 is 5.82 Å². The minimum atomic E-state index is -0.458. The summed E-state index contributed by atoms with van der Waals surface area (Å²) < 4.78 is 7.00. The van der Waals surface area contributed by atoms with Crippen molar-refractivity contribution >= 4 is 11.5 Å². The highest BCUT2D eigenvalue weighted by atomic mass is 16.6. The number of nitrogens with two attached hydrogens (primary N) is 1. The molecular weight excluding hydrogens is 248 g/mol. The molecule has 0 radical (unpaired) electrons. The van der Waals surface area contributed by atoms with Gasteiger partial charge in [-0.25, -0.2) is 9.55 Å². The number of hydrogen-bond acceptors (Lipinski definition) is 5. The van der Waals surface area contributed by atoms with E-state index in [4.69, 9.17) is 10.5 Å². The van der Waals surface area contributed by atoms with Gasteiger partial charge in [0.1, 0.15) is 25.1 Å². The topological polar surface area (TPSA) is 96.2 Å². The van der Waals surface area contributed by atoms with Crippen LogP contribution in [-0.4, -0.2) is 21.1 Å². The molecule has 0 amide bonds. The molecule has 0 fully saturated rings. The third-order valence-corrected chi connectivity index (χ3v) is 2.66. The first-order valence-electron chi connectivity index (χ1n) is 5.73. The zero-order valence-corrected chi connectivity index (χ0v) is 10.4. The van der Waals surface area contributed by atoms with E-state index in [0.717, 1.165) is 0 Å². The molecule has 0 unspecified atom stereocenters. The second kappa shape index (κ2) is 5.38. The largest absolute Gasteiger partial charge is 0.489 e. The predicted molar refractivity (Wildman–Crippen MR) is 70.0 cm³/mol. The number of nitrogens with zero attached hydrogens (tertiary/aromatic N) is 3. The molecule has 0 atom stereocenters. The summed E-state index contributed by atoms with van der Waals surface area (Å²) in [4.78, 5) is 14.3. The molecular formula is C12H14N4O3. The van der Waals surface area contributed by atoms with Crippen LogP contribution in [0.25, 0.3) is 0 Å². The Morgan fingerprint density at radius 3 is 3.00 bits per heavy atom. The number of aryl methyl sites for hydroxylation is 1. The molecule has 1 heterocycles. The van der Waals surface area contributed by atoms with Gasteiger partial charge in [-0.1, -0.05) is 6.07 Å². The highest BCUT2D eigenvalue weighted by Gasteiger charge is 2.16. The second-order valence-corrected chi connectivity index (χ2v) is 3.99. The van der Waals surface area contributed by atoms with Crippen molar-refractivity contribution in [2.24, 2.45) is 0 Å². The van der Waals surface area contributed by atoms with Gasteiger partial charge in [0.05, 0.1) is 0 Å². The Hall–Kier alpha value is -2.57. The third kappa shape index (κ3) is 3.01. The zero-order valence-electron chi connectivity index (χ0n) is 10.4. The summed E-state index contributed by atoms with van der Waals surface area (Å²) in [7, 11) is 0. The number of ether oxygens (including phenoxy) is 1. The highest BCUT2D eigenvalue weighted by Crippen LogP contribution is 2.16. The molecule has 1 aromatic heterocycles. The van der Waals surface area contributed by atoms with E-state index in [1.54, 1.807) is 31.2 Å². The van der Waals surface area contributed by atoms with E-state index in [0.29, 0.717) is 30.4 Å². The standard InChI is InChI=1S/C12H14N4O3/c1-9-14-8-12(16(17)18)15(9)5-6-19-11-4-2-3-10(13)7-11/h2-4,7-8H,5-6,13H2,1H3. The summed E-state index contributed by atoms with van der Waals surface area (Å²) in [5, 5.41) is 10.8. The number of imidazole rings is 1. The number of hydrogen-bond donors (Lipinski definition) is 1. The molecule has 0 saturated heterocycles. The monoisotopic (exact) mass is 262 g/mol. The maximum Gasteiger partial charge on any atom is 0.342 e. The lowest BCUT2D eigenvalue weighted by molar-refractivity contribution is -0.392. The van der Waals surface area contributed by atoms with Crippen molar-refractivity contribution in [2.45, 2.75) is 13.5 Å². The summed E-state index contributed by atoms with van der Waals surface area (Å²) in [5.74, 6) is 1.19. The quantitative estimate of drug-likeness (QED) is 0.503. The van der Waals surface area contributed by atoms with Crippen molar-refractivity contribution in [2.75, 3.05) is 12.3 Å². The normalized spacial score (nSPS) is 10.4. The number of nitro groups is 1. The second-order valence-electron chi connectivity index (χ2n) is 3.99. The molecule has 0 aliphatic rings. The number of benzene rings is 1. The SMILES string of the molecule is Cc1ncc([N+](=O)[O-])n1CCOc1cccc(N)c1. The van der Waals surface area contributed by atoms with Crippen molar-refractivity contribution < 1.29 is 9.66 Å². The molecule has 2 rings (SSSR count). The van der Waals surface area contributed by atoms with Crippen molar-refractivity contribution in [3.05, 3.63) is 46.4 Å². The van der Waals surface area contributed by atoms with E-state index >= 15 is 0 Å². The van der Waals surface area contributed by atoms with Crippen molar-refractivity contribution in [1.82, 2.24) is 9.55 Å². The average molecular weight is 262 g/mol. The molecule has 19 heavy (non-hydrogen) atoms. The van der Waals surface area contributed by atoms with E-state index < -0.39 is 4.92 Å². The van der Waals surface area contributed by atoms with Gasteiger partial charge in [-0.3, -0.25) is 0 Å². The molecule has 0 bridgehead atoms. The molecule has 1 aromatic carbocycles. The lowest BCUT2D eigenvalue weighted by Crippen LogP contribution is -2.11. The molecule has 2 N–H and O–H groups in total. The van der Waals surface area contributed by atoms with Gasteiger partial charge in [0.15, 0.2) is 5.82 Å². The van der Waals surface area contributed by atoms with Crippen LogP contribution in [0.4, 0.5) is 11.5 Å². The summed E-state index contributed by atoms with van der Waals surface area (Å²) in [6.07, 6.45) is 1.25. The molecule has 100 valence electrons. The number of nitrogen functional groups attached to an aromatic ring is 1. The van der Waals surface area contributed by atoms with Gasteiger partial charge in [-0.15, -0.1) is 0 Å². The van der Waals surface area contributed by atoms with E-state index in [2.05, 4.69) is 4.98 Å². The fourth-order valence-electron chi connectivity index (χ4n) is 1.74. The van der Waals surface area contributed by atoms with Crippen LogP contribution in [0.1, 0.15) is 5.82 Å². The maximum atomic E-state index is 10.8. The zero-order chi connectivity index (χ0) is 13.8. The number of aromatic nitrogens is 2. The van der Waals surface area contributed by atoms with Crippen LogP contribution in [0.5, 0.6) is 5.75 Å². The lowest BCUT2D eigenvalue weighted by atomic mass is 10.3. The fourth-order valence-corrected chi connectivity index (χ4v) is 1.74. The van der Waals surface area contributed by atoms with Crippen LogP contribution in [0, 0.1) is 17.0 Å². The Labute approximate surface area is 109 Å². The number of anilines is 1. The van der Waals surface area contributed by atoms with Crippen molar-refractivity contribution in [3.8, 4) is 5.75 Å². The minimum Gasteiger partial charge on any atom is -0.489 e. The first kappa shape index (κ1) is 12.9. The van der Waals surface area contributed by atoms with E-state index in [1.165, 1.54) is 10.8 Å². The summed E-state index contributed by atoms with van der Waals surface area (Å²) in [6.45, 7) is 2.38. The van der Waals surface area contributed by atoms with Crippen LogP contribution in [0.3, 0.4) is 0 Å². The van der Waals surface area contributed by atoms with Gasteiger partial charge in [0, 0.05) is 18.7 Å². The van der Waals surface area contributed by atoms with E-state index in [9.17, 15) is 10.1 Å². The van der Waals surface area contributed by atoms with Gasteiger partial charge in [-0.2, -0.15) is 0 Å². The Balaban J connectivity index is 2.00. The Kier molecular flexibility index (Phi) is 3.65. The van der Waals surface area contributed by atoms with E-state index in [-0.39, 0.29) is 5.82 Å². The summed E-state index contributed by atoms with van der Waals surface area (Å²) >= 11 is 0. The van der Waals surface area contributed by atoms with Gasteiger partial charge in [0.25, 0.3) is 0 Å². The third-order valence-electron chi connectivity index (χ3n) is 2.66. The van der Waals surface area contributed by atoms with Crippen molar-refractivity contribution in [3.63, 3.8) is 0 Å². The minimum absolute atomic E-state index is 0.0336.